The van der Waals surface area contributed by atoms with Crippen molar-refractivity contribution < 1.29 is 14.6 Å². The fourth-order valence-electron chi connectivity index (χ4n) is 2.23. The topological polar surface area (TPSA) is 103 Å². The number of hydrogen-bond donors (Lipinski definition) is 0. The summed E-state index contributed by atoms with van der Waals surface area (Å²) in [5, 5.41) is 22.0. The first-order valence-electron chi connectivity index (χ1n) is 8.78. The summed E-state index contributed by atoms with van der Waals surface area (Å²) in [6, 6.07) is 0. The van der Waals surface area contributed by atoms with Crippen molar-refractivity contribution in [3.63, 3.8) is 0 Å². The molecule has 0 aliphatic rings. The Morgan fingerprint density at radius 2 is 1.36 bits per heavy atom. The second-order valence-corrected chi connectivity index (χ2v) is 5.70. The van der Waals surface area contributed by atoms with Crippen LogP contribution in [0.25, 0.3) is 0 Å². The molecule has 7 heteroatoms. The van der Waals surface area contributed by atoms with Crippen LogP contribution in [0.3, 0.4) is 0 Å². The van der Waals surface area contributed by atoms with Gasteiger partial charge in [0.05, 0.1) is 22.7 Å². The summed E-state index contributed by atoms with van der Waals surface area (Å²) in [5.41, 5.74) is -0.0209. The highest BCUT2D eigenvalue weighted by Gasteiger charge is 2.13. The van der Waals surface area contributed by atoms with Gasteiger partial charge in [0, 0.05) is 6.42 Å². The fraction of sp³-hybridized carbons (Fsp3) is 0.611. The Morgan fingerprint density at radius 3 is 1.92 bits per heavy atom. The molecule has 0 atom stereocenters. The Morgan fingerprint density at radius 1 is 0.800 bits per heavy atom. The van der Waals surface area contributed by atoms with E-state index in [9.17, 15) is 25.0 Å². The molecule has 140 valence electrons. The molecule has 0 fully saturated rings. The van der Waals surface area contributed by atoms with E-state index in [1.54, 1.807) is 12.2 Å². The van der Waals surface area contributed by atoms with Crippen molar-refractivity contribution in [2.24, 2.45) is 0 Å². The smallest absolute Gasteiger partial charge is 0.246 e. The van der Waals surface area contributed by atoms with E-state index in [-0.39, 0.29) is 24.2 Å². The van der Waals surface area contributed by atoms with Crippen molar-refractivity contribution in [1.29, 1.82) is 0 Å². The molecule has 0 radical (unpaired) electrons. The molecule has 0 aromatic heterocycles. The van der Waals surface area contributed by atoms with Gasteiger partial charge in [-0.1, -0.05) is 38.3 Å². The molecule has 0 rings (SSSR count). The normalized spacial score (nSPS) is 12.5. The maximum absolute atomic E-state index is 11.1. The summed E-state index contributed by atoms with van der Waals surface area (Å²) >= 11 is 0. The van der Waals surface area contributed by atoms with Crippen LogP contribution in [-0.2, 0) is 4.79 Å². The molecular weight excluding hydrogens is 324 g/mol. The summed E-state index contributed by atoms with van der Waals surface area (Å²) in [5.74, 6) is 0. The van der Waals surface area contributed by atoms with Gasteiger partial charge in [-0.05, 0) is 37.8 Å². The monoisotopic (exact) mass is 352 g/mol. The minimum atomic E-state index is -0.489. The van der Waals surface area contributed by atoms with Gasteiger partial charge in [0.25, 0.3) is 0 Å². The molecule has 0 N–H and O–H groups in total. The molecule has 0 spiro atoms. The molecule has 0 unspecified atom stereocenters. The Kier molecular flexibility index (Phi) is 13.8. The lowest BCUT2D eigenvalue weighted by Crippen LogP contribution is -2.01. The molecule has 7 nitrogen and oxygen atoms in total. The van der Waals surface area contributed by atoms with Crippen molar-refractivity contribution >= 4 is 6.29 Å². The van der Waals surface area contributed by atoms with Gasteiger partial charge in [0.1, 0.15) is 6.29 Å². The molecule has 25 heavy (non-hydrogen) atoms. The van der Waals surface area contributed by atoms with E-state index in [0.717, 1.165) is 44.8 Å². The summed E-state index contributed by atoms with van der Waals surface area (Å²) in [7, 11) is 0. The maximum atomic E-state index is 11.1. The van der Waals surface area contributed by atoms with E-state index in [1.807, 2.05) is 13.0 Å². The highest BCUT2D eigenvalue weighted by molar-refractivity contribution is 5.48. The van der Waals surface area contributed by atoms with Crippen LogP contribution in [0.4, 0.5) is 0 Å². The first-order chi connectivity index (χ1) is 12.0. The molecule has 0 heterocycles. The number of allylic oxidation sites excluding steroid dienone is 4. The van der Waals surface area contributed by atoms with E-state index in [2.05, 4.69) is 0 Å². The zero-order chi connectivity index (χ0) is 18.9. The third-order valence-electron chi connectivity index (χ3n) is 3.65. The standard InChI is InChI=1S/C18H28N2O5/c1-2-3-9-12-17(19(22)23)14-15-18(20(24)25)13-10-7-5-4-6-8-11-16-21/h3,9,13-14,16H,2,4-8,10-12,15H2,1H3/b9-3-,17-14+,18-13+. The number of carbonyl (C=O) groups is 1. The van der Waals surface area contributed by atoms with Crippen molar-refractivity contribution in [3.8, 4) is 0 Å². The van der Waals surface area contributed by atoms with Crippen molar-refractivity contribution in [2.75, 3.05) is 0 Å². The predicted molar refractivity (Wildman–Crippen MR) is 97.2 cm³/mol. The molecule has 0 amide bonds. The lowest BCUT2D eigenvalue weighted by atomic mass is 10.1. The van der Waals surface area contributed by atoms with Gasteiger partial charge in [-0.25, -0.2) is 0 Å². The van der Waals surface area contributed by atoms with Crippen LogP contribution in [0.1, 0.15) is 71.1 Å². The number of aldehydes is 1. The van der Waals surface area contributed by atoms with Crippen LogP contribution < -0.4 is 0 Å². The SMILES string of the molecule is CC/C=C\C/C(=C\C/C(=C\CCCCCCCC=O)[N+](=O)[O-])[N+](=O)[O-]. The van der Waals surface area contributed by atoms with Gasteiger partial charge in [0.15, 0.2) is 0 Å². The van der Waals surface area contributed by atoms with Crippen molar-refractivity contribution in [3.05, 3.63) is 55.9 Å². The number of nitrogens with zero attached hydrogens (tertiary/aromatic N) is 2. The van der Waals surface area contributed by atoms with Gasteiger partial charge >= 0.3 is 0 Å². The van der Waals surface area contributed by atoms with Crippen LogP contribution in [0.15, 0.2) is 35.7 Å². The van der Waals surface area contributed by atoms with Gasteiger partial charge in [0.2, 0.25) is 11.4 Å². The van der Waals surface area contributed by atoms with Crippen molar-refractivity contribution in [1.82, 2.24) is 0 Å². The minimum Gasteiger partial charge on any atom is -0.303 e. The van der Waals surface area contributed by atoms with Gasteiger partial charge < -0.3 is 4.79 Å². The molecule has 0 bridgehead atoms. The number of carbonyl (C=O) groups excluding carboxylic acids is 1. The predicted octanol–water partition coefficient (Wildman–Crippen LogP) is 4.98. The van der Waals surface area contributed by atoms with E-state index in [0.29, 0.717) is 12.8 Å². The van der Waals surface area contributed by atoms with Gasteiger partial charge in [-0.3, -0.25) is 20.2 Å². The third kappa shape index (κ3) is 12.7. The van der Waals surface area contributed by atoms with Crippen LogP contribution in [-0.4, -0.2) is 16.1 Å². The zero-order valence-corrected chi connectivity index (χ0v) is 14.9. The quantitative estimate of drug-likeness (QED) is 0.136. The maximum Gasteiger partial charge on any atom is 0.246 e. The minimum absolute atomic E-state index is 0.000207. The summed E-state index contributed by atoms with van der Waals surface area (Å²) in [6.07, 6.45) is 14.1. The lowest BCUT2D eigenvalue weighted by Gasteiger charge is -1.99. The van der Waals surface area contributed by atoms with E-state index < -0.39 is 9.85 Å². The molecule has 0 saturated heterocycles. The Balaban J connectivity index is 4.44. The fourth-order valence-corrected chi connectivity index (χ4v) is 2.23. The van der Waals surface area contributed by atoms with E-state index in [1.165, 1.54) is 6.08 Å². The number of hydrogen-bond acceptors (Lipinski definition) is 5. The average Bonchev–Trinajstić information content (AvgIpc) is 2.57. The number of nitro groups is 2. The van der Waals surface area contributed by atoms with E-state index in [4.69, 9.17) is 0 Å². The second kappa shape index (κ2) is 15.2. The Hall–Kier alpha value is -2.31. The summed E-state index contributed by atoms with van der Waals surface area (Å²) in [4.78, 5) is 31.3. The molecule has 0 aliphatic heterocycles. The molecule has 0 aliphatic carbocycles. The zero-order valence-electron chi connectivity index (χ0n) is 14.9. The van der Waals surface area contributed by atoms with Gasteiger partial charge in [-0.15, -0.1) is 0 Å². The molecule has 0 saturated carbocycles. The second-order valence-electron chi connectivity index (χ2n) is 5.70. The van der Waals surface area contributed by atoms with Crippen LogP contribution >= 0.6 is 0 Å². The van der Waals surface area contributed by atoms with Crippen LogP contribution in [0.2, 0.25) is 0 Å². The Bertz CT molecular complexity index is 510. The number of rotatable bonds is 15. The molecular formula is C18H28N2O5. The van der Waals surface area contributed by atoms with Crippen molar-refractivity contribution in [2.45, 2.75) is 71.1 Å². The van der Waals surface area contributed by atoms with Crippen LogP contribution in [0, 0.1) is 20.2 Å². The van der Waals surface area contributed by atoms with Crippen LogP contribution in [0.5, 0.6) is 0 Å². The first kappa shape index (κ1) is 22.7. The molecule has 0 aromatic carbocycles. The van der Waals surface area contributed by atoms with Gasteiger partial charge in [-0.2, -0.15) is 0 Å². The Labute approximate surface area is 148 Å². The first-order valence-corrected chi connectivity index (χ1v) is 8.78. The average molecular weight is 352 g/mol. The summed E-state index contributed by atoms with van der Waals surface area (Å²) < 4.78 is 0. The number of unbranched alkanes of at least 4 members (excludes halogenated alkanes) is 6. The lowest BCUT2D eigenvalue weighted by molar-refractivity contribution is -0.431. The third-order valence-corrected chi connectivity index (χ3v) is 3.65. The molecule has 0 aromatic rings. The van der Waals surface area contributed by atoms with E-state index >= 15 is 0 Å². The highest BCUT2D eigenvalue weighted by Crippen LogP contribution is 2.13. The largest absolute Gasteiger partial charge is 0.303 e. The summed E-state index contributed by atoms with van der Waals surface area (Å²) in [6.45, 7) is 1.93. The highest BCUT2D eigenvalue weighted by atomic mass is 16.6.